The van der Waals surface area contributed by atoms with Crippen molar-refractivity contribution in [3.8, 4) is 0 Å². The Morgan fingerprint density at radius 1 is 0.697 bits per heavy atom. The zero-order valence-corrected chi connectivity index (χ0v) is 26.4. The first-order valence-electron chi connectivity index (χ1n) is 13.5. The van der Waals surface area contributed by atoms with E-state index >= 15 is 0 Å². The molecule has 4 atom stereocenters. The molecule has 0 aromatic carbocycles. The maximum absolute atomic E-state index is 3.75. The smallest absolute Gasteiger partial charge is 0.0207 e. The molecule has 0 aliphatic heterocycles. The molecule has 198 valence electrons. The van der Waals surface area contributed by atoms with E-state index in [2.05, 4.69) is 110 Å². The van der Waals surface area contributed by atoms with E-state index in [1.165, 1.54) is 24.0 Å². The van der Waals surface area contributed by atoms with Gasteiger partial charge >= 0.3 is 0 Å². The maximum Gasteiger partial charge on any atom is -0.0207 e. The van der Waals surface area contributed by atoms with Crippen LogP contribution < -0.4 is 0 Å². The molecule has 0 saturated heterocycles. The second kappa shape index (κ2) is 20.3. The predicted octanol–water partition coefficient (Wildman–Crippen LogP) is 12.1. The van der Waals surface area contributed by atoms with Crippen LogP contribution in [0.2, 0.25) is 0 Å². The fraction of sp³-hybridized carbons (Fsp3) is 0.758. The van der Waals surface area contributed by atoms with Crippen LogP contribution in [0.15, 0.2) is 48.1 Å². The number of rotatable bonds is 5. The molecule has 1 aliphatic rings. The Hall–Kier alpha value is -1.04. The van der Waals surface area contributed by atoms with E-state index in [0.29, 0.717) is 10.8 Å². The van der Waals surface area contributed by atoms with Gasteiger partial charge in [-0.05, 0) is 66.4 Å². The molecule has 33 heavy (non-hydrogen) atoms. The van der Waals surface area contributed by atoms with Crippen molar-refractivity contribution < 1.29 is 0 Å². The van der Waals surface area contributed by atoms with Crippen LogP contribution in [0.1, 0.15) is 131 Å². The monoisotopic (exact) mass is 463 g/mol. The Morgan fingerprint density at radius 3 is 1.06 bits per heavy atom. The average Bonchev–Trinajstić information content (AvgIpc) is 2.68. The van der Waals surface area contributed by atoms with Crippen molar-refractivity contribution in [2.24, 2.45) is 34.5 Å². The molecule has 0 amide bonds. The molecule has 1 rings (SSSR count). The molecule has 0 heteroatoms. The van der Waals surface area contributed by atoms with Gasteiger partial charge in [0, 0.05) is 0 Å². The maximum atomic E-state index is 3.75. The molecule has 0 aromatic rings. The molecule has 1 fully saturated rings. The first-order valence-corrected chi connectivity index (χ1v) is 13.5. The van der Waals surface area contributed by atoms with Gasteiger partial charge in [0.15, 0.2) is 0 Å². The van der Waals surface area contributed by atoms with Gasteiger partial charge in [0.05, 0.1) is 0 Å². The summed E-state index contributed by atoms with van der Waals surface area (Å²) in [6, 6.07) is 0. The van der Waals surface area contributed by atoms with Crippen LogP contribution in [-0.4, -0.2) is 0 Å². The average molecular weight is 463 g/mol. The summed E-state index contributed by atoms with van der Waals surface area (Å²) in [6.45, 7) is 44.6. The first-order chi connectivity index (χ1) is 14.9. The molecule has 1 saturated carbocycles. The summed E-state index contributed by atoms with van der Waals surface area (Å²) in [7, 11) is 0. The van der Waals surface area contributed by atoms with Crippen molar-refractivity contribution in [2.45, 2.75) is 131 Å². The van der Waals surface area contributed by atoms with Crippen molar-refractivity contribution in [1.82, 2.24) is 0 Å². The topological polar surface area (TPSA) is 0 Å². The van der Waals surface area contributed by atoms with Crippen LogP contribution in [0.25, 0.3) is 0 Å². The van der Waals surface area contributed by atoms with Crippen LogP contribution in [0.3, 0.4) is 0 Å². The summed E-state index contributed by atoms with van der Waals surface area (Å²) in [4.78, 5) is 0. The van der Waals surface area contributed by atoms with E-state index < -0.39 is 0 Å². The highest BCUT2D eigenvalue weighted by Gasteiger charge is 2.41. The number of hydrogen-bond acceptors (Lipinski definition) is 0. The summed E-state index contributed by atoms with van der Waals surface area (Å²) in [5, 5.41) is 0. The molecule has 0 spiro atoms. The third-order valence-corrected chi connectivity index (χ3v) is 5.26. The minimum absolute atomic E-state index is 0.500. The highest BCUT2D eigenvalue weighted by Crippen LogP contribution is 2.48. The van der Waals surface area contributed by atoms with Crippen LogP contribution >= 0.6 is 0 Å². The van der Waals surface area contributed by atoms with Crippen molar-refractivity contribution in [1.29, 1.82) is 0 Å². The van der Waals surface area contributed by atoms with Gasteiger partial charge in [-0.15, -0.1) is 0 Å². The molecule has 0 N–H and O–H groups in total. The summed E-state index contributed by atoms with van der Waals surface area (Å²) < 4.78 is 0. The van der Waals surface area contributed by atoms with E-state index in [-0.39, 0.29) is 0 Å². The summed E-state index contributed by atoms with van der Waals surface area (Å²) >= 11 is 0. The lowest BCUT2D eigenvalue weighted by Gasteiger charge is -2.49. The minimum atomic E-state index is 0.500. The Morgan fingerprint density at radius 2 is 0.970 bits per heavy atom. The number of hydrogen-bond donors (Lipinski definition) is 0. The van der Waals surface area contributed by atoms with E-state index in [1.54, 1.807) is 0 Å². The van der Waals surface area contributed by atoms with Gasteiger partial charge in [0.2, 0.25) is 0 Å². The Labute approximate surface area is 213 Å². The Balaban J connectivity index is -0.000000175. The molecular weight excluding hydrogens is 396 g/mol. The molecule has 0 nitrogen and oxygen atoms in total. The van der Waals surface area contributed by atoms with E-state index in [1.807, 2.05) is 39.0 Å². The molecule has 0 radical (unpaired) electrons. The van der Waals surface area contributed by atoms with Gasteiger partial charge in [-0.1, -0.05) is 147 Å². The SMILES string of the molecule is C=CC(=C(C)C)/C(C=C)=C\C.CC.CC(C)(C)C.CC(C)(C)C.CCC1C(C)C(C)C1CC. The zero-order valence-electron chi connectivity index (χ0n) is 26.4. The third-order valence-electron chi connectivity index (χ3n) is 5.26. The largest absolute Gasteiger partial charge is 0.0985 e. The van der Waals surface area contributed by atoms with Gasteiger partial charge in [0.25, 0.3) is 0 Å². The van der Waals surface area contributed by atoms with Crippen LogP contribution in [-0.2, 0) is 0 Å². The molecule has 0 bridgehead atoms. The molecule has 0 aromatic heterocycles. The van der Waals surface area contributed by atoms with E-state index in [0.717, 1.165) is 29.2 Å². The van der Waals surface area contributed by atoms with Crippen LogP contribution in [0.4, 0.5) is 0 Å². The molecule has 4 unspecified atom stereocenters. The lowest BCUT2D eigenvalue weighted by atomic mass is 9.56. The normalized spacial score (nSPS) is 21.5. The quantitative estimate of drug-likeness (QED) is 0.356. The molecule has 0 heterocycles. The third kappa shape index (κ3) is 23.9. The van der Waals surface area contributed by atoms with Gasteiger partial charge in [-0.25, -0.2) is 0 Å². The van der Waals surface area contributed by atoms with Gasteiger partial charge in [0.1, 0.15) is 0 Å². The van der Waals surface area contributed by atoms with Crippen molar-refractivity contribution in [3.63, 3.8) is 0 Å². The van der Waals surface area contributed by atoms with Crippen molar-refractivity contribution >= 4 is 0 Å². The first kappa shape index (κ1) is 39.2. The van der Waals surface area contributed by atoms with E-state index in [4.69, 9.17) is 0 Å². The highest BCUT2D eigenvalue weighted by atomic mass is 14.5. The fourth-order valence-electron chi connectivity index (χ4n) is 3.76. The van der Waals surface area contributed by atoms with Crippen molar-refractivity contribution in [2.75, 3.05) is 0 Å². The lowest BCUT2D eigenvalue weighted by Crippen LogP contribution is -2.42. The summed E-state index contributed by atoms with van der Waals surface area (Å²) in [5.41, 5.74) is 4.61. The molecule has 1 aliphatic carbocycles. The second-order valence-electron chi connectivity index (χ2n) is 12.4. The van der Waals surface area contributed by atoms with Crippen LogP contribution in [0, 0.1) is 34.5 Å². The van der Waals surface area contributed by atoms with Gasteiger partial charge < -0.3 is 0 Å². The summed E-state index contributed by atoms with van der Waals surface area (Å²) in [5.74, 6) is 4.07. The highest BCUT2D eigenvalue weighted by molar-refractivity contribution is 5.46. The summed E-state index contributed by atoms with van der Waals surface area (Å²) in [6.07, 6.45) is 8.54. The minimum Gasteiger partial charge on any atom is -0.0985 e. The van der Waals surface area contributed by atoms with E-state index in [9.17, 15) is 0 Å². The fourth-order valence-corrected chi connectivity index (χ4v) is 3.76. The van der Waals surface area contributed by atoms with Crippen molar-refractivity contribution in [3.05, 3.63) is 48.1 Å². The molecular formula is C33H66. The van der Waals surface area contributed by atoms with Crippen LogP contribution in [0.5, 0.6) is 0 Å². The van der Waals surface area contributed by atoms with Gasteiger partial charge in [-0.3, -0.25) is 0 Å². The second-order valence-corrected chi connectivity index (χ2v) is 12.4. The standard InChI is InChI=1S/C11H16.C10H20.2C5H12.C2H6/c1-6-10(7-2)11(8-3)9(4)5;1-5-9-7(3)8(4)10(9)6-2;2*1-5(2,3)4;1-2/h6-8H,1,3H2,2,4-5H3;7-10H,5-6H2,1-4H3;2*1-4H3;1-2H3/b10-7-;;;;. The Bertz CT molecular complexity index is 500. The lowest BCUT2D eigenvalue weighted by molar-refractivity contribution is -0.00282. The van der Waals surface area contributed by atoms with Gasteiger partial charge in [-0.2, -0.15) is 0 Å². The number of allylic oxidation sites excluding steroid dienone is 6. The Kier molecular flexibility index (Phi) is 24.2. The predicted molar refractivity (Wildman–Crippen MR) is 160 cm³/mol. The zero-order chi connectivity index (χ0) is 27.6.